The van der Waals surface area contributed by atoms with Crippen LogP contribution in [0.25, 0.3) is 16.8 Å². The maximum absolute atomic E-state index is 13.0. The second-order valence-corrected chi connectivity index (χ2v) is 8.68. The molecule has 1 N–H and O–H groups in total. The SMILES string of the molecule is CCc1ccccc1NC(=O)/C(C#N)=C/c1c(OCc2ccc(Cl)c(Cl)c2)ccc2ccccc12. The van der Waals surface area contributed by atoms with Crippen LogP contribution in [0.4, 0.5) is 5.69 Å². The van der Waals surface area contributed by atoms with Crippen molar-refractivity contribution >= 4 is 51.6 Å². The Bertz CT molecular complexity index is 1470. The fraction of sp³-hybridized carbons (Fsp3) is 0.103. The summed E-state index contributed by atoms with van der Waals surface area (Å²) >= 11 is 12.2. The molecule has 4 nitrogen and oxygen atoms in total. The Hall–Kier alpha value is -3.78. The highest BCUT2D eigenvalue weighted by Gasteiger charge is 2.15. The first-order valence-corrected chi connectivity index (χ1v) is 11.8. The number of ether oxygens (including phenoxy) is 1. The largest absolute Gasteiger partial charge is 0.488 e. The predicted molar refractivity (Wildman–Crippen MR) is 143 cm³/mol. The molecule has 4 aromatic carbocycles. The van der Waals surface area contributed by atoms with E-state index in [1.54, 1.807) is 18.2 Å². The number of hydrogen-bond donors (Lipinski definition) is 1. The quantitative estimate of drug-likeness (QED) is 0.207. The van der Waals surface area contributed by atoms with Crippen molar-refractivity contribution in [3.05, 3.63) is 111 Å². The fourth-order valence-corrected chi connectivity index (χ4v) is 4.09. The van der Waals surface area contributed by atoms with Gasteiger partial charge in [-0.05, 0) is 58.7 Å². The first-order chi connectivity index (χ1) is 17.0. The summed E-state index contributed by atoms with van der Waals surface area (Å²) in [4.78, 5) is 13.0. The summed E-state index contributed by atoms with van der Waals surface area (Å²) in [5, 5.41) is 15.5. The number of aryl methyl sites for hydroxylation is 1. The molecule has 35 heavy (non-hydrogen) atoms. The van der Waals surface area contributed by atoms with E-state index >= 15 is 0 Å². The molecular formula is C29H22Cl2N2O2. The summed E-state index contributed by atoms with van der Waals surface area (Å²) in [5.41, 5.74) is 3.16. The molecule has 6 heteroatoms. The lowest BCUT2D eigenvalue weighted by atomic mass is 10.0. The smallest absolute Gasteiger partial charge is 0.266 e. The number of anilines is 1. The van der Waals surface area contributed by atoms with Crippen LogP contribution in [-0.2, 0) is 17.8 Å². The molecule has 0 saturated heterocycles. The van der Waals surface area contributed by atoms with Crippen LogP contribution in [0, 0.1) is 11.3 Å². The summed E-state index contributed by atoms with van der Waals surface area (Å²) in [7, 11) is 0. The van der Waals surface area contributed by atoms with Gasteiger partial charge in [-0.3, -0.25) is 4.79 Å². The zero-order chi connectivity index (χ0) is 24.8. The van der Waals surface area contributed by atoms with Gasteiger partial charge in [-0.15, -0.1) is 0 Å². The number of fused-ring (bicyclic) bond motifs is 1. The van der Waals surface area contributed by atoms with Crippen molar-refractivity contribution in [3.8, 4) is 11.8 Å². The Morgan fingerprint density at radius 2 is 1.77 bits per heavy atom. The van der Waals surface area contributed by atoms with Gasteiger partial charge in [0, 0.05) is 11.3 Å². The van der Waals surface area contributed by atoms with E-state index < -0.39 is 5.91 Å². The summed E-state index contributed by atoms with van der Waals surface area (Å²) in [6.07, 6.45) is 2.34. The van der Waals surface area contributed by atoms with E-state index in [1.165, 1.54) is 0 Å². The van der Waals surface area contributed by atoms with E-state index in [1.807, 2.05) is 79.7 Å². The van der Waals surface area contributed by atoms with Crippen molar-refractivity contribution in [2.45, 2.75) is 20.0 Å². The van der Waals surface area contributed by atoms with E-state index in [-0.39, 0.29) is 12.2 Å². The Labute approximate surface area is 214 Å². The minimum Gasteiger partial charge on any atom is -0.488 e. The zero-order valence-corrected chi connectivity index (χ0v) is 20.5. The monoisotopic (exact) mass is 500 g/mol. The molecule has 174 valence electrons. The van der Waals surface area contributed by atoms with Crippen LogP contribution < -0.4 is 10.1 Å². The molecule has 0 saturated carbocycles. The number of rotatable bonds is 7. The number of nitrogens with zero attached hydrogens (tertiary/aromatic N) is 1. The van der Waals surface area contributed by atoms with Gasteiger partial charge in [0.15, 0.2) is 0 Å². The number of amides is 1. The molecule has 0 unspecified atom stereocenters. The molecule has 0 aliphatic carbocycles. The van der Waals surface area contributed by atoms with E-state index in [9.17, 15) is 10.1 Å². The second-order valence-electron chi connectivity index (χ2n) is 7.87. The van der Waals surface area contributed by atoms with Gasteiger partial charge in [0.1, 0.15) is 24.0 Å². The number of para-hydroxylation sites is 1. The number of nitrogens with one attached hydrogen (secondary N) is 1. The van der Waals surface area contributed by atoms with Crippen LogP contribution in [0.1, 0.15) is 23.6 Å². The number of halogens is 2. The third-order valence-corrected chi connectivity index (χ3v) is 6.35. The van der Waals surface area contributed by atoms with Crippen LogP contribution in [0.15, 0.2) is 84.4 Å². The van der Waals surface area contributed by atoms with Gasteiger partial charge in [0.25, 0.3) is 5.91 Å². The minimum atomic E-state index is -0.475. The lowest BCUT2D eigenvalue weighted by Gasteiger charge is -2.14. The van der Waals surface area contributed by atoms with Gasteiger partial charge in [-0.25, -0.2) is 0 Å². The fourth-order valence-electron chi connectivity index (χ4n) is 3.77. The van der Waals surface area contributed by atoms with Gasteiger partial charge in [-0.1, -0.05) is 84.7 Å². The maximum atomic E-state index is 13.0. The molecule has 0 bridgehead atoms. The molecular weight excluding hydrogens is 479 g/mol. The number of nitriles is 1. The third-order valence-electron chi connectivity index (χ3n) is 5.61. The maximum Gasteiger partial charge on any atom is 0.266 e. The lowest BCUT2D eigenvalue weighted by molar-refractivity contribution is -0.112. The average molecular weight is 501 g/mol. The normalized spacial score (nSPS) is 11.2. The molecule has 0 aliphatic heterocycles. The van der Waals surface area contributed by atoms with Crippen LogP contribution in [0.2, 0.25) is 10.0 Å². The van der Waals surface area contributed by atoms with Crippen molar-refractivity contribution in [2.24, 2.45) is 0 Å². The number of hydrogen-bond acceptors (Lipinski definition) is 3. The van der Waals surface area contributed by atoms with Crippen molar-refractivity contribution in [1.29, 1.82) is 5.26 Å². The summed E-state index contributed by atoms with van der Waals surface area (Å²) < 4.78 is 6.12. The summed E-state index contributed by atoms with van der Waals surface area (Å²) in [6, 6.07) is 26.4. The Balaban J connectivity index is 1.70. The Kier molecular flexibility index (Phi) is 7.72. The van der Waals surface area contributed by atoms with Crippen LogP contribution in [0.5, 0.6) is 5.75 Å². The van der Waals surface area contributed by atoms with Gasteiger partial charge >= 0.3 is 0 Å². The molecule has 4 rings (SSSR count). The highest BCUT2D eigenvalue weighted by Crippen LogP contribution is 2.32. The molecule has 1 amide bonds. The molecule has 0 radical (unpaired) electrons. The highest BCUT2D eigenvalue weighted by molar-refractivity contribution is 6.42. The van der Waals surface area contributed by atoms with E-state index in [0.29, 0.717) is 27.0 Å². The van der Waals surface area contributed by atoms with Crippen molar-refractivity contribution < 1.29 is 9.53 Å². The summed E-state index contributed by atoms with van der Waals surface area (Å²) in [5.74, 6) is 0.0704. The molecule has 0 atom stereocenters. The van der Waals surface area contributed by atoms with Crippen LogP contribution >= 0.6 is 23.2 Å². The average Bonchev–Trinajstić information content (AvgIpc) is 2.88. The Morgan fingerprint density at radius 1 is 1.00 bits per heavy atom. The van der Waals surface area contributed by atoms with Crippen LogP contribution in [-0.4, -0.2) is 5.91 Å². The molecule has 0 fully saturated rings. The summed E-state index contributed by atoms with van der Waals surface area (Å²) in [6.45, 7) is 2.26. The first-order valence-electron chi connectivity index (χ1n) is 11.1. The van der Waals surface area contributed by atoms with Gasteiger partial charge < -0.3 is 10.1 Å². The number of benzene rings is 4. The van der Waals surface area contributed by atoms with Gasteiger partial charge in [-0.2, -0.15) is 5.26 Å². The van der Waals surface area contributed by atoms with E-state index in [4.69, 9.17) is 27.9 Å². The van der Waals surface area contributed by atoms with E-state index in [0.717, 1.165) is 28.3 Å². The zero-order valence-electron chi connectivity index (χ0n) is 19.0. The van der Waals surface area contributed by atoms with Crippen molar-refractivity contribution in [2.75, 3.05) is 5.32 Å². The molecule has 0 aromatic heterocycles. The number of carbonyl (C=O) groups is 1. The molecule has 0 heterocycles. The highest BCUT2D eigenvalue weighted by atomic mass is 35.5. The van der Waals surface area contributed by atoms with Gasteiger partial charge in [0.2, 0.25) is 0 Å². The molecule has 4 aromatic rings. The van der Waals surface area contributed by atoms with Gasteiger partial charge in [0.05, 0.1) is 10.0 Å². The van der Waals surface area contributed by atoms with E-state index in [2.05, 4.69) is 5.32 Å². The van der Waals surface area contributed by atoms with Crippen LogP contribution in [0.3, 0.4) is 0 Å². The van der Waals surface area contributed by atoms with Crippen molar-refractivity contribution in [3.63, 3.8) is 0 Å². The lowest BCUT2D eigenvalue weighted by Crippen LogP contribution is -2.14. The topological polar surface area (TPSA) is 62.1 Å². The standard InChI is InChI=1S/C29H22Cl2N2O2/c1-2-20-7-4-6-10-27(20)33-29(34)22(17-32)16-24-23-9-5-3-8-21(23)12-14-28(24)35-18-19-11-13-25(30)26(31)15-19/h3-16H,2,18H2,1H3,(H,33,34)/b22-16+. The first kappa shape index (κ1) is 24.3. The predicted octanol–water partition coefficient (Wildman–Crippen LogP) is 7.83. The van der Waals surface area contributed by atoms with Crippen molar-refractivity contribution in [1.82, 2.24) is 0 Å². The second kappa shape index (κ2) is 11.1. The number of carbonyl (C=O) groups excluding carboxylic acids is 1. The minimum absolute atomic E-state index is 0.0216. The molecule has 0 aliphatic rings. The third kappa shape index (κ3) is 5.66. The Morgan fingerprint density at radius 3 is 2.54 bits per heavy atom. The molecule has 0 spiro atoms.